The first-order chi connectivity index (χ1) is 17.1. The zero-order chi connectivity index (χ0) is 26.0. The molecule has 2 heterocycles. The predicted octanol–water partition coefficient (Wildman–Crippen LogP) is -0.447. The molecule has 198 valence electrons. The van der Waals surface area contributed by atoms with Gasteiger partial charge in [-0.15, -0.1) is 0 Å². The van der Waals surface area contributed by atoms with Crippen LogP contribution in [0, 0.1) is 0 Å². The van der Waals surface area contributed by atoms with Crippen molar-refractivity contribution in [3.05, 3.63) is 53.6 Å². The fourth-order valence-electron chi connectivity index (χ4n) is 4.27. The van der Waals surface area contributed by atoms with Crippen molar-refractivity contribution in [1.82, 2.24) is 0 Å². The van der Waals surface area contributed by atoms with Crippen LogP contribution in [0.5, 0.6) is 17.2 Å². The lowest BCUT2D eigenvalue weighted by Crippen LogP contribution is -2.62. The van der Waals surface area contributed by atoms with E-state index in [4.69, 9.17) is 18.9 Å². The number of phenols is 2. The van der Waals surface area contributed by atoms with Gasteiger partial charge in [0.25, 0.3) is 0 Å². The largest absolute Gasteiger partial charge is 0.508 e. The SMILES string of the molecule is C[C@@H]1O[C@@H](O[C@@H]2[C@@H](O)[C@H](Oc3cc(O)cc(CCc4ccc(O)cc4)c3)OC[C@H]2O)[C@H](O)[C@H](O)[C@H]1O. The molecule has 9 atom stereocenters. The van der Waals surface area contributed by atoms with E-state index in [9.17, 15) is 35.7 Å². The standard InChI is InChI=1S/C25H32O11/c1-12-19(29)20(30)21(31)25(34-12)36-23-18(28)11-33-24(22(23)32)35-17-9-14(8-16(27)10-17)3-2-13-4-6-15(26)7-5-13/h4-10,12,18-32H,2-3,11H2,1H3/t12-,18+,19-,20+,21+,22+,23-,24-,25-/m0/s1. The number of benzene rings is 2. The number of aromatic hydroxyl groups is 2. The average Bonchev–Trinajstić information content (AvgIpc) is 2.84. The van der Waals surface area contributed by atoms with Crippen LogP contribution in [0.1, 0.15) is 18.1 Å². The van der Waals surface area contributed by atoms with Crippen molar-refractivity contribution in [2.75, 3.05) is 6.61 Å². The van der Waals surface area contributed by atoms with Crippen LogP contribution in [-0.2, 0) is 27.1 Å². The third-order valence-electron chi connectivity index (χ3n) is 6.37. The van der Waals surface area contributed by atoms with E-state index in [-0.39, 0.29) is 23.9 Å². The smallest absolute Gasteiger partial charge is 0.228 e. The maximum absolute atomic E-state index is 10.8. The molecule has 0 aliphatic carbocycles. The Balaban J connectivity index is 1.41. The summed E-state index contributed by atoms with van der Waals surface area (Å²) >= 11 is 0. The van der Waals surface area contributed by atoms with E-state index in [0.29, 0.717) is 12.8 Å². The van der Waals surface area contributed by atoms with E-state index in [1.165, 1.54) is 13.0 Å². The summed E-state index contributed by atoms with van der Waals surface area (Å²) in [5, 5.41) is 70.8. The lowest BCUT2D eigenvalue weighted by atomic mass is 9.99. The summed E-state index contributed by atoms with van der Waals surface area (Å²) in [5.74, 6) is 0.348. The highest BCUT2D eigenvalue weighted by atomic mass is 16.7. The Kier molecular flexibility index (Phi) is 8.33. The summed E-state index contributed by atoms with van der Waals surface area (Å²) in [4.78, 5) is 0. The second kappa shape index (κ2) is 11.3. The van der Waals surface area contributed by atoms with Gasteiger partial charge in [0, 0.05) is 6.07 Å². The normalized spacial score (nSPS) is 34.9. The van der Waals surface area contributed by atoms with Gasteiger partial charge < -0.3 is 54.7 Å². The number of aliphatic hydroxyl groups excluding tert-OH is 5. The summed E-state index contributed by atoms with van der Waals surface area (Å²) in [6.45, 7) is 1.22. The molecular formula is C25H32O11. The molecule has 0 unspecified atom stereocenters. The van der Waals surface area contributed by atoms with E-state index in [1.54, 1.807) is 36.4 Å². The van der Waals surface area contributed by atoms with Crippen LogP contribution in [-0.4, -0.2) is 97.7 Å². The van der Waals surface area contributed by atoms with Gasteiger partial charge >= 0.3 is 0 Å². The molecule has 2 fully saturated rings. The van der Waals surface area contributed by atoms with Gasteiger partial charge in [-0.1, -0.05) is 12.1 Å². The molecule has 11 nitrogen and oxygen atoms in total. The van der Waals surface area contributed by atoms with E-state index < -0.39 is 55.3 Å². The molecule has 0 amide bonds. The molecule has 2 aliphatic rings. The lowest BCUT2D eigenvalue weighted by Gasteiger charge is -2.43. The van der Waals surface area contributed by atoms with Crippen LogP contribution >= 0.6 is 0 Å². The maximum atomic E-state index is 10.8. The zero-order valence-corrected chi connectivity index (χ0v) is 19.6. The van der Waals surface area contributed by atoms with Crippen molar-refractivity contribution in [3.63, 3.8) is 0 Å². The summed E-state index contributed by atoms with van der Waals surface area (Å²) in [5.41, 5.74) is 1.76. The molecule has 0 spiro atoms. The van der Waals surface area contributed by atoms with Crippen LogP contribution in [0.25, 0.3) is 0 Å². The minimum Gasteiger partial charge on any atom is -0.508 e. The highest BCUT2D eigenvalue weighted by Gasteiger charge is 2.48. The molecule has 11 heteroatoms. The molecule has 2 aromatic carbocycles. The molecule has 0 saturated carbocycles. The van der Waals surface area contributed by atoms with Crippen molar-refractivity contribution in [2.24, 2.45) is 0 Å². The Labute approximate surface area is 207 Å². The summed E-state index contributed by atoms with van der Waals surface area (Å²) in [6.07, 6.45) is -10.9. The molecule has 0 bridgehead atoms. The number of hydrogen-bond acceptors (Lipinski definition) is 11. The predicted molar refractivity (Wildman–Crippen MR) is 123 cm³/mol. The van der Waals surface area contributed by atoms with Crippen molar-refractivity contribution in [3.8, 4) is 17.2 Å². The van der Waals surface area contributed by atoms with Crippen LogP contribution in [0.3, 0.4) is 0 Å². The number of hydrogen-bond donors (Lipinski definition) is 7. The first-order valence-electron chi connectivity index (χ1n) is 11.7. The Bertz CT molecular complexity index is 1000. The minimum atomic E-state index is -1.61. The summed E-state index contributed by atoms with van der Waals surface area (Å²) < 4.78 is 22.2. The van der Waals surface area contributed by atoms with Gasteiger partial charge in [-0.25, -0.2) is 0 Å². The van der Waals surface area contributed by atoms with Gasteiger partial charge in [-0.3, -0.25) is 0 Å². The molecule has 2 saturated heterocycles. The fourth-order valence-corrected chi connectivity index (χ4v) is 4.27. The Morgan fingerprint density at radius 2 is 1.47 bits per heavy atom. The fraction of sp³-hybridized carbons (Fsp3) is 0.520. The molecule has 0 aromatic heterocycles. The second-order valence-corrected chi connectivity index (χ2v) is 9.16. The van der Waals surface area contributed by atoms with Gasteiger partial charge in [0.1, 0.15) is 53.9 Å². The van der Waals surface area contributed by atoms with Gasteiger partial charge in [0.05, 0.1) is 12.7 Å². The molecule has 2 aliphatic heterocycles. The first kappa shape index (κ1) is 26.6. The van der Waals surface area contributed by atoms with Crippen molar-refractivity contribution in [2.45, 2.75) is 75.1 Å². The van der Waals surface area contributed by atoms with Crippen LogP contribution in [0.15, 0.2) is 42.5 Å². The van der Waals surface area contributed by atoms with E-state index in [2.05, 4.69) is 0 Å². The van der Waals surface area contributed by atoms with Crippen molar-refractivity contribution in [1.29, 1.82) is 0 Å². The summed E-state index contributed by atoms with van der Waals surface area (Å²) in [6, 6.07) is 11.4. The van der Waals surface area contributed by atoms with Gasteiger partial charge in [-0.05, 0) is 55.2 Å². The van der Waals surface area contributed by atoms with Crippen LogP contribution < -0.4 is 4.74 Å². The average molecular weight is 509 g/mol. The number of rotatable bonds is 7. The third kappa shape index (κ3) is 6.07. The van der Waals surface area contributed by atoms with E-state index in [0.717, 1.165) is 11.1 Å². The molecule has 4 rings (SSSR count). The quantitative estimate of drug-likeness (QED) is 0.258. The Morgan fingerprint density at radius 1 is 0.778 bits per heavy atom. The number of aryl methyl sites for hydroxylation is 2. The molecule has 7 N–H and O–H groups in total. The first-order valence-corrected chi connectivity index (χ1v) is 11.7. The molecule has 2 aromatic rings. The number of phenolic OH excluding ortho intramolecular Hbond substituents is 2. The van der Waals surface area contributed by atoms with E-state index >= 15 is 0 Å². The topological polar surface area (TPSA) is 179 Å². The monoisotopic (exact) mass is 508 g/mol. The van der Waals surface area contributed by atoms with Gasteiger partial charge in [0.2, 0.25) is 6.29 Å². The molecule has 36 heavy (non-hydrogen) atoms. The Hall–Kier alpha value is -2.48. The third-order valence-corrected chi connectivity index (χ3v) is 6.37. The second-order valence-electron chi connectivity index (χ2n) is 9.16. The molecular weight excluding hydrogens is 476 g/mol. The minimum absolute atomic E-state index is 0.0494. The summed E-state index contributed by atoms with van der Waals surface area (Å²) in [7, 11) is 0. The number of ether oxygens (including phenoxy) is 4. The number of aliphatic hydroxyl groups is 5. The van der Waals surface area contributed by atoms with E-state index in [1.807, 2.05) is 0 Å². The highest BCUT2D eigenvalue weighted by molar-refractivity contribution is 5.38. The van der Waals surface area contributed by atoms with Gasteiger partial charge in [-0.2, -0.15) is 0 Å². The Morgan fingerprint density at radius 3 is 2.19 bits per heavy atom. The van der Waals surface area contributed by atoms with Crippen LogP contribution in [0.4, 0.5) is 0 Å². The van der Waals surface area contributed by atoms with Gasteiger partial charge in [0.15, 0.2) is 6.29 Å². The molecule has 0 radical (unpaired) electrons. The zero-order valence-electron chi connectivity index (χ0n) is 19.6. The van der Waals surface area contributed by atoms with Crippen molar-refractivity contribution >= 4 is 0 Å². The lowest BCUT2D eigenvalue weighted by molar-refractivity contribution is -0.338. The van der Waals surface area contributed by atoms with Crippen molar-refractivity contribution < 1.29 is 54.7 Å². The maximum Gasteiger partial charge on any atom is 0.228 e. The highest BCUT2D eigenvalue weighted by Crippen LogP contribution is 2.30. The van der Waals surface area contributed by atoms with Crippen LogP contribution in [0.2, 0.25) is 0 Å².